The number of carboxylic acids is 1. The van der Waals surface area contributed by atoms with Crippen molar-refractivity contribution in [2.75, 3.05) is 39.4 Å². The highest BCUT2D eigenvalue weighted by atomic mass is 32.2. The number of hydrogen-bond donors (Lipinski definition) is 5. The number of carbonyl (C=O) groups is 3. The van der Waals surface area contributed by atoms with Gasteiger partial charge < -0.3 is 68.3 Å². The molecule has 2 fully saturated rings. The van der Waals surface area contributed by atoms with Crippen molar-refractivity contribution in [1.82, 2.24) is 9.88 Å². The Morgan fingerprint density at radius 2 is 1.70 bits per heavy atom. The van der Waals surface area contributed by atoms with Gasteiger partial charge >= 0.3 is 18.0 Å². The van der Waals surface area contributed by atoms with E-state index in [-0.39, 0.29) is 57.3 Å². The maximum Gasteiger partial charge on any atom is 0.407 e. The quantitative estimate of drug-likeness (QED) is 0.0466. The molecule has 2 saturated heterocycles. The zero-order valence-corrected chi connectivity index (χ0v) is 43.0. The number of hydrogen-bond acceptors (Lipinski definition) is 17. The number of amides is 1. The van der Waals surface area contributed by atoms with Crippen molar-refractivity contribution in [2.45, 2.75) is 167 Å². The number of pyridine rings is 1. The number of nitrogens with one attached hydrogen (secondary N) is 1. The Morgan fingerprint density at radius 1 is 0.986 bits per heavy atom. The van der Waals surface area contributed by atoms with Crippen LogP contribution < -0.4 is 10.7 Å². The van der Waals surface area contributed by atoms with Gasteiger partial charge in [-0.15, -0.1) is 11.8 Å². The van der Waals surface area contributed by atoms with Crippen molar-refractivity contribution in [2.24, 2.45) is 34.7 Å². The van der Waals surface area contributed by atoms with Crippen LogP contribution in [-0.4, -0.2) is 136 Å². The van der Waals surface area contributed by atoms with Gasteiger partial charge in [-0.2, -0.15) is 0 Å². The number of carbonyl (C=O) groups excluding carboxylic acids is 2. The Bertz CT molecular complexity index is 2180. The second kappa shape index (κ2) is 23.6. The topological polar surface area (TPSA) is 252 Å². The van der Waals surface area contributed by atoms with Crippen LogP contribution in [0.1, 0.15) is 118 Å². The van der Waals surface area contributed by atoms with Crippen LogP contribution in [0.4, 0.5) is 4.79 Å². The largest absolute Gasteiger partial charge is 0.477 e. The minimum Gasteiger partial charge on any atom is -0.477 e. The summed E-state index contributed by atoms with van der Waals surface area (Å²) in [4.78, 5) is 58.1. The monoisotopic (exact) mass is 993 g/mol. The average Bonchev–Trinajstić information content (AvgIpc) is 3.27. The van der Waals surface area contributed by atoms with Crippen molar-refractivity contribution in [3.8, 4) is 0 Å². The van der Waals surface area contributed by atoms with Crippen LogP contribution in [0.25, 0.3) is 10.9 Å². The normalized spacial score (nSPS) is 33.9. The van der Waals surface area contributed by atoms with E-state index in [0.717, 1.165) is 10.5 Å². The molecule has 0 saturated carbocycles. The molecule has 3 aliphatic rings. The van der Waals surface area contributed by atoms with Gasteiger partial charge in [0.2, 0.25) is 12.2 Å². The van der Waals surface area contributed by atoms with Crippen molar-refractivity contribution in [3.63, 3.8) is 0 Å². The number of cyclic esters (lactones) is 1. The van der Waals surface area contributed by atoms with Gasteiger partial charge in [0, 0.05) is 65.6 Å². The molecule has 5 N–H and O–H groups in total. The third-order valence-electron chi connectivity index (χ3n) is 13.7. The predicted molar refractivity (Wildman–Crippen MR) is 256 cm³/mol. The number of aliphatic hydroxyl groups is 3. The number of esters is 1. The molecule has 2 aromatic rings. The van der Waals surface area contributed by atoms with Crippen molar-refractivity contribution >= 4 is 46.4 Å². The molecule has 5 rings (SSSR count). The highest BCUT2D eigenvalue weighted by molar-refractivity contribution is 7.99. The summed E-state index contributed by atoms with van der Waals surface area (Å²) in [5.41, 5.74) is -3.06. The van der Waals surface area contributed by atoms with Gasteiger partial charge in [0.1, 0.15) is 29.1 Å². The summed E-state index contributed by atoms with van der Waals surface area (Å²) in [5.74, 6) is -4.12. The Labute approximate surface area is 408 Å². The molecule has 0 radical (unpaired) electrons. The summed E-state index contributed by atoms with van der Waals surface area (Å²) >= 11 is 1.45. The zero-order valence-electron chi connectivity index (χ0n) is 42.1. The molecule has 0 aliphatic carbocycles. The number of thioether (sulfide) groups is 1. The van der Waals surface area contributed by atoms with E-state index in [2.05, 4.69) is 10.5 Å². The summed E-state index contributed by atoms with van der Waals surface area (Å²) < 4.78 is 43.2. The number of aliphatic hydroxyl groups excluding tert-OH is 1. The van der Waals surface area contributed by atoms with Gasteiger partial charge in [0.15, 0.2) is 6.29 Å². The van der Waals surface area contributed by atoms with Gasteiger partial charge in [-0.25, -0.2) is 9.59 Å². The van der Waals surface area contributed by atoms with E-state index < -0.39 is 101 Å². The first kappa shape index (κ1) is 56.1. The smallest absolute Gasteiger partial charge is 0.407 e. The molecule has 69 heavy (non-hydrogen) atoms. The van der Waals surface area contributed by atoms with Crippen LogP contribution in [0.3, 0.4) is 0 Å². The zero-order chi connectivity index (χ0) is 51.2. The molecule has 20 heteroatoms. The third kappa shape index (κ3) is 13.6. The Balaban J connectivity index is 1.15. The third-order valence-corrected chi connectivity index (χ3v) is 14.6. The summed E-state index contributed by atoms with van der Waals surface area (Å²) in [7, 11) is 1.45. The fourth-order valence-electron chi connectivity index (χ4n) is 10.1. The SMILES string of the molecule is CC[C@H]1OC(=O)C(C)[C@@H](O[C@H]2CC(C)[C@@H](OC(=O)NCCOCCSc3cc4c5c(c3)c(=O)c(C(=O)O)cn5C(C)(C)OC4)C(C)O2)[C@H](C)C[C@](C)(O)C[C@@H](C)/C(=N\OCOC)C(C)C(O)[C@]1(C)O. The summed E-state index contributed by atoms with van der Waals surface area (Å²) in [6, 6.07) is 3.65. The molecule has 5 unspecified atom stereocenters. The van der Waals surface area contributed by atoms with E-state index in [9.17, 15) is 39.6 Å². The lowest BCUT2D eigenvalue weighted by molar-refractivity contribution is -0.262. The second-order valence-electron chi connectivity index (χ2n) is 20.0. The van der Waals surface area contributed by atoms with E-state index in [1.807, 2.05) is 40.7 Å². The van der Waals surface area contributed by atoms with Gasteiger partial charge in [-0.3, -0.25) is 9.59 Å². The first-order valence-electron chi connectivity index (χ1n) is 23.9. The number of oxime groups is 1. The number of rotatable bonds is 15. The number of benzene rings is 1. The van der Waals surface area contributed by atoms with Crippen molar-refractivity contribution < 1.29 is 72.8 Å². The lowest BCUT2D eigenvalue weighted by Crippen LogP contribution is -2.56. The minimum absolute atomic E-state index is 0.145. The number of aromatic nitrogens is 1. The fourth-order valence-corrected chi connectivity index (χ4v) is 11.0. The number of carboxylic acid groups (broad SMARTS) is 1. The predicted octanol–water partition coefficient (Wildman–Crippen LogP) is 5.78. The average molecular weight is 994 g/mol. The van der Waals surface area contributed by atoms with E-state index in [1.165, 1.54) is 32.0 Å². The molecule has 388 valence electrons. The summed E-state index contributed by atoms with van der Waals surface area (Å²) in [5, 5.41) is 52.3. The number of aromatic carboxylic acids is 1. The Hall–Kier alpha value is -3.86. The number of alkyl carbamates (subject to hydrolysis) is 1. The first-order chi connectivity index (χ1) is 32.3. The summed E-state index contributed by atoms with van der Waals surface area (Å²) in [6.45, 7) is 20.2. The van der Waals surface area contributed by atoms with Crippen LogP contribution in [0.15, 0.2) is 33.2 Å². The van der Waals surface area contributed by atoms with E-state index >= 15 is 0 Å². The molecular weight excluding hydrogens is 919 g/mol. The molecule has 19 nitrogen and oxygen atoms in total. The van der Waals surface area contributed by atoms with Gasteiger partial charge in [0.05, 0.1) is 60.9 Å². The highest BCUT2D eigenvalue weighted by Crippen LogP contribution is 2.39. The highest BCUT2D eigenvalue weighted by Gasteiger charge is 2.48. The van der Waals surface area contributed by atoms with Crippen LogP contribution in [0.5, 0.6) is 0 Å². The summed E-state index contributed by atoms with van der Waals surface area (Å²) in [6.07, 6.45) is -3.73. The van der Waals surface area contributed by atoms with E-state index in [4.69, 9.17) is 38.0 Å². The molecule has 0 spiro atoms. The molecule has 1 aromatic carbocycles. The molecular formula is C49H75N3O16S. The second-order valence-corrected chi connectivity index (χ2v) is 21.2. The van der Waals surface area contributed by atoms with Crippen LogP contribution in [0, 0.1) is 29.6 Å². The fraction of sp³-hybridized carbons (Fsp3) is 0.735. The van der Waals surface area contributed by atoms with Crippen molar-refractivity contribution in [1.29, 1.82) is 0 Å². The Kier molecular flexibility index (Phi) is 19.2. The minimum atomic E-state index is -1.90. The molecule has 0 bridgehead atoms. The molecule has 1 aromatic heterocycles. The van der Waals surface area contributed by atoms with Gasteiger partial charge in [0.25, 0.3) is 0 Å². The Morgan fingerprint density at radius 3 is 2.35 bits per heavy atom. The van der Waals surface area contributed by atoms with Gasteiger partial charge in [-0.1, -0.05) is 39.8 Å². The molecule has 4 heterocycles. The standard InChI is InChI=1S/C49H75N3O16S/c1-13-36-49(11,60)43(54)29(5)38(51-64-25-61-12)27(3)21-48(10,59)22-28(4)41(30(6)45(57)66-36)67-37-18-26(2)42(31(7)65-37)68-46(58)50-14-15-62-16-17-69-33-19-32-24-63-47(8,9)52-23-35(44(55)56)40(53)34(20-33)39(32)52/h19-20,23,26-31,36-37,41-43,54,59-60H,13-18,21-22,24-25H2,1-12H3,(H,50,58)(H,55,56)/b51-38+/t26?,27-,28-,29?,30?,31?,36-,37+,41+,42-,43?,48-,49-/m1/s1. The molecule has 3 aliphatic heterocycles. The maximum atomic E-state index is 14.0. The van der Waals surface area contributed by atoms with E-state index in [0.29, 0.717) is 35.4 Å². The van der Waals surface area contributed by atoms with Crippen LogP contribution >= 0.6 is 11.8 Å². The lowest BCUT2D eigenvalue weighted by Gasteiger charge is -2.43. The van der Waals surface area contributed by atoms with E-state index in [1.54, 1.807) is 45.3 Å². The number of nitrogens with zero attached hydrogens (tertiary/aromatic N) is 2. The number of ether oxygens (including phenoxy) is 7. The van der Waals surface area contributed by atoms with Crippen molar-refractivity contribution in [3.05, 3.63) is 39.7 Å². The van der Waals surface area contributed by atoms with Crippen LogP contribution in [0.2, 0.25) is 0 Å². The number of methoxy groups -OCH3 is 1. The maximum absolute atomic E-state index is 14.0. The first-order valence-corrected chi connectivity index (χ1v) is 24.9. The molecule has 13 atom stereocenters. The molecule has 1 amide bonds. The lowest BCUT2D eigenvalue weighted by atomic mass is 9.75. The van der Waals surface area contributed by atoms with Crippen LogP contribution in [-0.2, 0) is 55.1 Å². The van der Waals surface area contributed by atoms with Gasteiger partial charge in [-0.05, 0) is 78.9 Å².